The Morgan fingerprint density at radius 1 is 1.03 bits per heavy atom. The van der Waals surface area contributed by atoms with E-state index in [-0.39, 0.29) is 5.92 Å². The summed E-state index contributed by atoms with van der Waals surface area (Å²) in [6.45, 7) is 1.15. The lowest BCUT2D eigenvalue weighted by molar-refractivity contribution is 0.306. The SMILES string of the molecule is Nc1cc(C2CCCCc3cc(Cl)cc(c3)OCc3cccc(c3)Cn3cc2cn3)c2n[nH]nc2n1. The average molecular weight is 500 g/mol. The molecule has 0 amide bonds. The van der Waals surface area contributed by atoms with Gasteiger partial charge in [0.2, 0.25) is 5.65 Å². The molecule has 0 spiro atoms. The van der Waals surface area contributed by atoms with Gasteiger partial charge >= 0.3 is 0 Å². The van der Waals surface area contributed by atoms with E-state index >= 15 is 0 Å². The fourth-order valence-corrected chi connectivity index (χ4v) is 5.24. The summed E-state index contributed by atoms with van der Waals surface area (Å²) in [5.41, 5.74) is 13.0. The lowest BCUT2D eigenvalue weighted by atomic mass is 9.88. The number of benzene rings is 2. The van der Waals surface area contributed by atoms with Crippen LogP contribution < -0.4 is 10.5 Å². The summed E-state index contributed by atoms with van der Waals surface area (Å²) < 4.78 is 8.08. The van der Waals surface area contributed by atoms with Gasteiger partial charge < -0.3 is 10.5 Å². The van der Waals surface area contributed by atoms with Gasteiger partial charge in [0.05, 0.1) is 12.7 Å². The molecule has 6 rings (SSSR count). The van der Waals surface area contributed by atoms with Crippen LogP contribution in [0.15, 0.2) is 60.9 Å². The van der Waals surface area contributed by atoms with Gasteiger partial charge in [0, 0.05) is 17.1 Å². The van der Waals surface area contributed by atoms with E-state index in [1.165, 1.54) is 5.56 Å². The molecule has 5 aromatic rings. The first-order chi connectivity index (χ1) is 17.6. The summed E-state index contributed by atoms with van der Waals surface area (Å²) in [4.78, 5) is 4.33. The largest absolute Gasteiger partial charge is 0.489 e. The molecule has 8 nitrogen and oxygen atoms in total. The molecule has 0 saturated carbocycles. The first-order valence-corrected chi connectivity index (χ1v) is 12.5. The molecule has 0 fully saturated rings. The van der Waals surface area contributed by atoms with E-state index in [1.54, 1.807) is 0 Å². The zero-order chi connectivity index (χ0) is 24.5. The number of pyridine rings is 1. The van der Waals surface area contributed by atoms with Crippen LogP contribution >= 0.6 is 11.6 Å². The van der Waals surface area contributed by atoms with Gasteiger partial charge in [-0.2, -0.15) is 15.4 Å². The Kier molecular flexibility index (Phi) is 6.03. The van der Waals surface area contributed by atoms with Crippen molar-refractivity contribution in [2.45, 2.75) is 44.8 Å². The molecule has 1 aliphatic rings. The summed E-state index contributed by atoms with van der Waals surface area (Å²) in [7, 11) is 0. The second-order valence-corrected chi connectivity index (χ2v) is 9.74. The number of aromatic amines is 1. The van der Waals surface area contributed by atoms with Crippen LogP contribution in [-0.4, -0.2) is 30.2 Å². The number of hydrogen-bond acceptors (Lipinski definition) is 6. The number of nitrogens with zero attached hydrogens (tertiary/aromatic N) is 5. The van der Waals surface area contributed by atoms with Crippen molar-refractivity contribution in [3.05, 3.63) is 93.8 Å². The van der Waals surface area contributed by atoms with Crippen LogP contribution in [0.3, 0.4) is 0 Å². The first-order valence-electron chi connectivity index (χ1n) is 12.1. The molecule has 2 aromatic carbocycles. The molecule has 0 aliphatic carbocycles. The van der Waals surface area contributed by atoms with Crippen LogP contribution in [0.4, 0.5) is 5.82 Å². The number of halogens is 1. The van der Waals surface area contributed by atoms with E-state index in [2.05, 4.69) is 62.0 Å². The zero-order valence-corrected chi connectivity index (χ0v) is 20.4. The topological polar surface area (TPSA) is 108 Å². The predicted octanol–water partition coefficient (Wildman–Crippen LogP) is 5.27. The van der Waals surface area contributed by atoms with Gasteiger partial charge in [-0.15, -0.1) is 5.10 Å². The molecule has 3 N–H and O–H groups in total. The van der Waals surface area contributed by atoms with E-state index in [9.17, 15) is 0 Å². The van der Waals surface area contributed by atoms with Gasteiger partial charge in [0.1, 0.15) is 23.7 Å². The molecule has 4 heterocycles. The monoisotopic (exact) mass is 499 g/mol. The van der Waals surface area contributed by atoms with Crippen molar-refractivity contribution in [2.75, 3.05) is 5.73 Å². The van der Waals surface area contributed by atoms with Crippen LogP contribution in [0.1, 0.15) is 53.0 Å². The molecule has 1 unspecified atom stereocenters. The molecule has 3 aromatic heterocycles. The number of nitrogens with two attached hydrogens (primary N) is 1. The minimum absolute atomic E-state index is 0.0666. The Bertz CT molecular complexity index is 1530. The van der Waals surface area contributed by atoms with E-state index in [0.29, 0.717) is 29.6 Å². The van der Waals surface area contributed by atoms with Gasteiger partial charge in [-0.25, -0.2) is 4.98 Å². The Balaban J connectivity index is 1.39. The molecule has 182 valence electrons. The maximum atomic E-state index is 6.41. The third-order valence-electron chi connectivity index (χ3n) is 6.65. The highest BCUT2D eigenvalue weighted by Gasteiger charge is 2.22. The Morgan fingerprint density at radius 3 is 2.89 bits per heavy atom. The lowest BCUT2D eigenvalue weighted by Crippen LogP contribution is -2.05. The van der Waals surface area contributed by atoms with Crippen LogP contribution in [-0.2, 0) is 19.6 Å². The Hall–Kier alpha value is -3.91. The van der Waals surface area contributed by atoms with Gasteiger partial charge in [0.25, 0.3) is 0 Å². The number of H-pyrrole nitrogens is 1. The van der Waals surface area contributed by atoms with Gasteiger partial charge in [-0.1, -0.05) is 42.3 Å². The highest BCUT2D eigenvalue weighted by atomic mass is 35.5. The number of aromatic nitrogens is 6. The Labute approximate surface area is 213 Å². The molecule has 36 heavy (non-hydrogen) atoms. The molecule has 0 saturated heterocycles. The summed E-state index contributed by atoms with van der Waals surface area (Å²) in [5, 5.41) is 16.6. The minimum atomic E-state index is 0.0666. The second kappa shape index (κ2) is 9.62. The molecule has 1 aliphatic heterocycles. The summed E-state index contributed by atoms with van der Waals surface area (Å²) in [6, 6.07) is 16.3. The predicted molar refractivity (Wildman–Crippen MR) is 139 cm³/mol. The average Bonchev–Trinajstić information content (AvgIpc) is 3.51. The van der Waals surface area contributed by atoms with Crippen molar-refractivity contribution in [1.82, 2.24) is 30.2 Å². The number of rotatable bonds is 1. The van der Waals surface area contributed by atoms with Crippen molar-refractivity contribution in [2.24, 2.45) is 0 Å². The minimum Gasteiger partial charge on any atom is -0.489 e. The molecule has 6 bridgehead atoms. The third-order valence-corrected chi connectivity index (χ3v) is 6.87. The summed E-state index contributed by atoms with van der Waals surface area (Å²) >= 11 is 6.41. The van der Waals surface area contributed by atoms with Gasteiger partial charge in [-0.3, -0.25) is 4.68 Å². The second-order valence-electron chi connectivity index (χ2n) is 9.31. The molecular weight excluding hydrogens is 474 g/mol. The molecular formula is C27H26ClN7O. The van der Waals surface area contributed by atoms with Crippen LogP contribution in [0.2, 0.25) is 5.02 Å². The molecule has 1 atom stereocenters. The first kappa shape index (κ1) is 22.5. The van der Waals surface area contributed by atoms with E-state index in [1.807, 2.05) is 29.1 Å². The number of anilines is 1. The fraction of sp³-hybridized carbons (Fsp3) is 0.259. The highest BCUT2D eigenvalue weighted by Crippen LogP contribution is 2.34. The number of aryl methyl sites for hydroxylation is 1. The van der Waals surface area contributed by atoms with Crippen molar-refractivity contribution >= 4 is 28.6 Å². The number of nitrogen functional groups attached to an aromatic ring is 1. The van der Waals surface area contributed by atoms with Crippen molar-refractivity contribution in [1.29, 1.82) is 0 Å². The van der Waals surface area contributed by atoms with E-state index < -0.39 is 0 Å². The lowest BCUT2D eigenvalue weighted by Gasteiger charge is -2.17. The fourth-order valence-electron chi connectivity index (χ4n) is 4.99. The molecule has 0 radical (unpaired) electrons. The maximum Gasteiger partial charge on any atom is 0.203 e. The number of hydrogen-bond donors (Lipinski definition) is 2. The van der Waals surface area contributed by atoms with E-state index in [4.69, 9.17) is 22.1 Å². The summed E-state index contributed by atoms with van der Waals surface area (Å²) in [5.74, 6) is 1.30. The third kappa shape index (κ3) is 4.77. The van der Waals surface area contributed by atoms with E-state index in [0.717, 1.165) is 59.2 Å². The molecule has 9 heteroatoms. The smallest absolute Gasteiger partial charge is 0.203 e. The van der Waals surface area contributed by atoms with Crippen LogP contribution in [0.25, 0.3) is 11.2 Å². The van der Waals surface area contributed by atoms with Crippen LogP contribution in [0, 0.1) is 0 Å². The Morgan fingerprint density at radius 2 is 1.94 bits per heavy atom. The number of nitrogens with one attached hydrogen (secondary N) is 1. The normalized spacial score (nSPS) is 16.4. The van der Waals surface area contributed by atoms with Crippen molar-refractivity contribution in [3.8, 4) is 5.75 Å². The van der Waals surface area contributed by atoms with Gasteiger partial charge in [0.15, 0.2) is 0 Å². The van der Waals surface area contributed by atoms with Crippen LogP contribution in [0.5, 0.6) is 5.75 Å². The maximum absolute atomic E-state index is 6.41. The van der Waals surface area contributed by atoms with Crippen molar-refractivity contribution in [3.63, 3.8) is 0 Å². The number of fused-ring (bicyclic) bond motifs is 7. The highest BCUT2D eigenvalue weighted by molar-refractivity contribution is 6.30. The standard InChI is InChI=1S/C27H26ClN7O/c28-21-9-17-4-1-2-7-23(24-12-25(29)31-27-26(24)32-34-33-27)20-13-30-35(15-20)14-18-5-3-6-19(8-18)16-36-22(10-17)11-21/h3,5-6,8-13,15,23H,1-2,4,7,14,16H2,(H3,29,31,32,33,34). The summed E-state index contributed by atoms with van der Waals surface area (Å²) in [6.07, 6.45) is 7.91. The van der Waals surface area contributed by atoms with Crippen molar-refractivity contribution < 1.29 is 4.74 Å². The zero-order valence-electron chi connectivity index (χ0n) is 19.7. The quantitative estimate of drug-likeness (QED) is 0.325. The van der Waals surface area contributed by atoms with Gasteiger partial charge in [-0.05, 0) is 71.3 Å². The number of ether oxygens (including phenoxy) is 1.